The summed E-state index contributed by atoms with van der Waals surface area (Å²) in [6, 6.07) is 18.0. The first-order chi connectivity index (χ1) is 10.3. The van der Waals surface area contributed by atoms with Crippen LogP contribution < -0.4 is 11.3 Å². The highest BCUT2D eigenvalue weighted by Crippen LogP contribution is 2.28. The molecule has 0 saturated heterocycles. The van der Waals surface area contributed by atoms with Gasteiger partial charge in [0.25, 0.3) is 0 Å². The number of hydrazine groups is 1. The van der Waals surface area contributed by atoms with E-state index in [-0.39, 0.29) is 0 Å². The molecule has 0 aliphatic heterocycles. The van der Waals surface area contributed by atoms with Gasteiger partial charge in [-0.15, -0.1) is 0 Å². The SMILES string of the molecule is Cc1ccc(CC(NN)C2CCc3ccccc3C2)cc1. The maximum absolute atomic E-state index is 5.85. The fraction of sp³-hybridized carbons (Fsp3) is 0.368. The predicted octanol–water partition coefficient (Wildman–Crippen LogP) is 3.17. The molecule has 2 aromatic rings. The monoisotopic (exact) mass is 280 g/mol. The Morgan fingerprint density at radius 1 is 1.10 bits per heavy atom. The van der Waals surface area contributed by atoms with E-state index in [0.29, 0.717) is 12.0 Å². The van der Waals surface area contributed by atoms with E-state index in [1.807, 2.05) is 0 Å². The van der Waals surface area contributed by atoms with E-state index in [1.165, 1.54) is 35.1 Å². The number of hydrogen-bond acceptors (Lipinski definition) is 2. The zero-order valence-electron chi connectivity index (χ0n) is 12.7. The van der Waals surface area contributed by atoms with Crippen molar-refractivity contribution in [1.82, 2.24) is 5.43 Å². The van der Waals surface area contributed by atoms with Crippen LogP contribution in [0.15, 0.2) is 48.5 Å². The van der Waals surface area contributed by atoms with Crippen molar-refractivity contribution in [3.8, 4) is 0 Å². The maximum atomic E-state index is 5.85. The van der Waals surface area contributed by atoms with Gasteiger partial charge in [0.15, 0.2) is 0 Å². The Labute approximate surface area is 127 Å². The zero-order valence-corrected chi connectivity index (χ0v) is 12.7. The first-order valence-corrected chi connectivity index (χ1v) is 7.84. The summed E-state index contributed by atoms with van der Waals surface area (Å²) in [7, 11) is 0. The van der Waals surface area contributed by atoms with Crippen LogP contribution in [0.2, 0.25) is 0 Å². The second kappa shape index (κ2) is 6.42. The number of rotatable bonds is 4. The summed E-state index contributed by atoms with van der Waals surface area (Å²) in [4.78, 5) is 0. The second-order valence-electron chi connectivity index (χ2n) is 6.23. The van der Waals surface area contributed by atoms with E-state index in [4.69, 9.17) is 5.84 Å². The van der Waals surface area contributed by atoms with Gasteiger partial charge in [-0.1, -0.05) is 54.1 Å². The molecule has 0 bridgehead atoms. The fourth-order valence-corrected chi connectivity index (χ4v) is 3.41. The topological polar surface area (TPSA) is 38.0 Å². The summed E-state index contributed by atoms with van der Waals surface area (Å²) in [5.74, 6) is 6.47. The lowest BCUT2D eigenvalue weighted by molar-refractivity contribution is 0.321. The van der Waals surface area contributed by atoms with Crippen molar-refractivity contribution in [1.29, 1.82) is 0 Å². The van der Waals surface area contributed by atoms with Gasteiger partial charge in [-0.2, -0.15) is 0 Å². The summed E-state index contributed by atoms with van der Waals surface area (Å²) < 4.78 is 0. The fourth-order valence-electron chi connectivity index (χ4n) is 3.41. The van der Waals surface area contributed by atoms with Crippen molar-refractivity contribution in [2.24, 2.45) is 11.8 Å². The minimum absolute atomic E-state index is 0.348. The van der Waals surface area contributed by atoms with Gasteiger partial charge in [0.2, 0.25) is 0 Å². The molecule has 0 aromatic heterocycles. The molecular formula is C19H24N2. The molecule has 2 nitrogen and oxygen atoms in total. The number of nitrogens with one attached hydrogen (secondary N) is 1. The van der Waals surface area contributed by atoms with Crippen LogP contribution >= 0.6 is 0 Å². The first-order valence-electron chi connectivity index (χ1n) is 7.84. The molecule has 3 N–H and O–H groups in total. The van der Waals surface area contributed by atoms with E-state index < -0.39 is 0 Å². The van der Waals surface area contributed by atoms with Crippen molar-refractivity contribution < 1.29 is 0 Å². The van der Waals surface area contributed by atoms with Crippen LogP contribution in [-0.4, -0.2) is 6.04 Å². The number of aryl methyl sites for hydroxylation is 2. The minimum atomic E-state index is 0.348. The number of nitrogens with two attached hydrogens (primary N) is 1. The Morgan fingerprint density at radius 2 is 1.81 bits per heavy atom. The quantitative estimate of drug-likeness (QED) is 0.667. The molecule has 0 saturated carbocycles. The van der Waals surface area contributed by atoms with E-state index in [0.717, 1.165) is 12.8 Å². The smallest absolute Gasteiger partial charge is 0.0282 e. The Kier molecular flexibility index (Phi) is 4.37. The largest absolute Gasteiger partial charge is 0.271 e. The summed E-state index contributed by atoms with van der Waals surface area (Å²) in [5, 5.41) is 0. The van der Waals surface area contributed by atoms with Crippen molar-refractivity contribution >= 4 is 0 Å². The third-order valence-electron chi connectivity index (χ3n) is 4.74. The van der Waals surface area contributed by atoms with Crippen molar-refractivity contribution in [3.63, 3.8) is 0 Å². The van der Waals surface area contributed by atoms with Crippen LogP contribution in [0, 0.1) is 12.8 Å². The van der Waals surface area contributed by atoms with E-state index in [9.17, 15) is 0 Å². The highest BCUT2D eigenvalue weighted by molar-refractivity contribution is 5.30. The Bertz CT molecular complexity index is 589. The lowest BCUT2D eigenvalue weighted by Gasteiger charge is -2.31. The molecule has 1 aliphatic rings. The van der Waals surface area contributed by atoms with Crippen LogP contribution in [0.1, 0.15) is 28.7 Å². The Balaban J connectivity index is 1.71. The lowest BCUT2D eigenvalue weighted by atomic mass is 9.78. The minimum Gasteiger partial charge on any atom is -0.271 e. The Morgan fingerprint density at radius 3 is 2.52 bits per heavy atom. The van der Waals surface area contributed by atoms with Gasteiger partial charge in [-0.25, -0.2) is 0 Å². The average molecular weight is 280 g/mol. The maximum Gasteiger partial charge on any atom is 0.0282 e. The highest BCUT2D eigenvalue weighted by Gasteiger charge is 2.25. The van der Waals surface area contributed by atoms with Crippen molar-refractivity contribution in [3.05, 3.63) is 70.8 Å². The van der Waals surface area contributed by atoms with Gasteiger partial charge in [-0.05, 0) is 55.2 Å². The Hall–Kier alpha value is -1.64. The number of benzene rings is 2. The molecule has 0 fully saturated rings. The second-order valence-corrected chi connectivity index (χ2v) is 6.23. The number of hydrogen-bond donors (Lipinski definition) is 2. The third kappa shape index (κ3) is 3.34. The van der Waals surface area contributed by atoms with E-state index >= 15 is 0 Å². The first kappa shape index (κ1) is 14.3. The molecule has 2 heteroatoms. The van der Waals surface area contributed by atoms with Crippen LogP contribution in [-0.2, 0) is 19.3 Å². The van der Waals surface area contributed by atoms with E-state index in [1.54, 1.807) is 0 Å². The average Bonchev–Trinajstić information content (AvgIpc) is 2.54. The molecule has 0 amide bonds. The van der Waals surface area contributed by atoms with Gasteiger partial charge >= 0.3 is 0 Å². The summed E-state index contributed by atoms with van der Waals surface area (Å²) in [5.41, 5.74) is 8.75. The lowest BCUT2D eigenvalue weighted by Crippen LogP contribution is -2.44. The van der Waals surface area contributed by atoms with Crippen molar-refractivity contribution in [2.75, 3.05) is 0 Å². The predicted molar refractivity (Wildman–Crippen MR) is 88.0 cm³/mol. The molecule has 2 aromatic carbocycles. The molecule has 3 rings (SSSR count). The molecule has 1 aliphatic carbocycles. The molecule has 21 heavy (non-hydrogen) atoms. The van der Waals surface area contributed by atoms with Crippen LogP contribution in [0.3, 0.4) is 0 Å². The molecule has 2 unspecified atom stereocenters. The molecule has 2 atom stereocenters. The van der Waals surface area contributed by atoms with Crippen LogP contribution in [0.4, 0.5) is 0 Å². The summed E-state index contributed by atoms with van der Waals surface area (Å²) in [6.45, 7) is 2.13. The third-order valence-corrected chi connectivity index (χ3v) is 4.74. The van der Waals surface area contributed by atoms with Gasteiger partial charge in [-0.3, -0.25) is 11.3 Å². The standard InChI is InChI=1S/C19H24N2/c1-14-6-8-15(9-7-14)12-19(21-20)18-11-10-16-4-2-3-5-17(16)13-18/h2-9,18-19,21H,10-13,20H2,1H3. The van der Waals surface area contributed by atoms with E-state index in [2.05, 4.69) is 60.9 Å². The molecule has 0 spiro atoms. The number of fused-ring (bicyclic) bond motifs is 1. The summed E-state index contributed by atoms with van der Waals surface area (Å²) in [6.07, 6.45) is 4.53. The van der Waals surface area contributed by atoms with Gasteiger partial charge in [0.05, 0.1) is 0 Å². The molecule has 110 valence electrons. The zero-order chi connectivity index (χ0) is 14.7. The molecular weight excluding hydrogens is 256 g/mol. The van der Waals surface area contributed by atoms with Crippen molar-refractivity contribution in [2.45, 2.75) is 38.6 Å². The van der Waals surface area contributed by atoms with Gasteiger partial charge in [0.1, 0.15) is 0 Å². The van der Waals surface area contributed by atoms with Crippen LogP contribution in [0.25, 0.3) is 0 Å². The highest BCUT2D eigenvalue weighted by atomic mass is 15.2. The van der Waals surface area contributed by atoms with Crippen LogP contribution in [0.5, 0.6) is 0 Å². The molecule has 0 heterocycles. The summed E-state index contributed by atoms with van der Waals surface area (Å²) >= 11 is 0. The molecule has 0 radical (unpaired) electrons. The van der Waals surface area contributed by atoms with Gasteiger partial charge < -0.3 is 0 Å². The van der Waals surface area contributed by atoms with Gasteiger partial charge in [0, 0.05) is 6.04 Å². The normalized spacial score (nSPS) is 19.0.